The van der Waals surface area contributed by atoms with E-state index < -0.39 is 9.28 Å². The Kier molecular flexibility index (Phi) is 4.77. The first-order chi connectivity index (χ1) is 8.74. The number of fused-ring (bicyclic) bond motifs is 1. The first kappa shape index (κ1) is 13.5. The predicted octanol–water partition coefficient (Wildman–Crippen LogP) is 1.44. The van der Waals surface area contributed by atoms with Crippen LogP contribution >= 0.6 is 0 Å². The molecule has 100 valence electrons. The van der Waals surface area contributed by atoms with Crippen LogP contribution in [0.25, 0.3) is 0 Å². The number of ether oxygens (including phenoxy) is 2. The van der Waals surface area contributed by atoms with E-state index in [1.165, 1.54) is 0 Å². The van der Waals surface area contributed by atoms with Gasteiger partial charge in [-0.2, -0.15) is 0 Å². The van der Waals surface area contributed by atoms with Gasteiger partial charge in [-0.25, -0.2) is 0 Å². The highest BCUT2D eigenvalue weighted by molar-refractivity contribution is 6.61. The van der Waals surface area contributed by atoms with Gasteiger partial charge in [-0.15, -0.1) is 0 Å². The quantitative estimate of drug-likeness (QED) is 0.757. The number of hydrogen-bond acceptors (Lipinski definition) is 4. The number of rotatable bonds is 5. The summed E-state index contributed by atoms with van der Waals surface area (Å²) in [5.74, 6) is 0.901. The molecule has 0 fully saturated rings. The Hall–Kier alpha value is -0.883. The number of hydrogen-bond donors (Lipinski definition) is 0. The summed E-state index contributed by atoms with van der Waals surface area (Å²) in [6.07, 6.45) is -0.171. The van der Waals surface area contributed by atoms with Crippen molar-refractivity contribution in [3.05, 3.63) is 23.8 Å². The topological polar surface area (TPSA) is 36.9 Å². The molecule has 1 aromatic rings. The maximum Gasteiger partial charge on any atom is 0.355 e. The van der Waals surface area contributed by atoms with Gasteiger partial charge in [0.15, 0.2) is 6.29 Å². The van der Waals surface area contributed by atoms with E-state index in [2.05, 4.69) is 6.07 Å². The molecule has 0 radical (unpaired) electrons. The molecule has 0 saturated carbocycles. The van der Waals surface area contributed by atoms with Gasteiger partial charge in [0.2, 0.25) is 0 Å². The lowest BCUT2D eigenvalue weighted by Gasteiger charge is -2.25. The molecule has 0 N–H and O–H groups in total. The Balaban J connectivity index is 2.18. The van der Waals surface area contributed by atoms with E-state index in [1.54, 1.807) is 0 Å². The molecular weight excluding hydrogens is 248 g/mol. The van der Waals surface area contributed by atoms with Gasteiger partial charge in [0.1, 0.15) is 5.75 Å². The van der Waals surface area contributed by atoms with Crippen molar-refractivity contribution in [1.82, 2.24) is 0 Å². The van der Waals surface area contributed by atoms with Crippen molar-refractivity contribution in [2.24, 2.45) is 0 Å². The molecule has 1 atom stereocenters. The van der Waals surface area contributed by atoms with E-state index in [1.807, 2.05) is 32.9 Å². The minimum atomic E-state index is -1.77. The average molecular weight is 268 g/mol. The Bertz CT molecular complexity index is 391. The smallest absolute Gasteiger partial charge is 0.355 e. The van der Waals surface area contributed by atoms with Gasteiger partial charge in [0, 0.05) is 18.8 Å². The van der Waals surface area contributed by atoms with Crippen LogP contribution in [0.5, 0.6) is 5.75 Å². The van der Waals surface area contributed by atoms with Crippen LogP contribution < -0.4 is 9.92 Å². The zero-order valence-corrected chi connectivity index (χ0v) is 12.3. The summed E-state index contributed by atoms with van der Waals surface area (Å²) in [5.41, 5.74) is 1.07. The van der Waals surface area contributed by atoms with E-state index in [-0.39, 0.29) is 6.29 Å². The molecule has 0 aliphatic carbocycles. The molecule has 2 rings (SSSR count). The maximum absolute atomic E-state index is 5.72. The molecule has 0 saturated heterocycles. The Morgan fingerprint density at radius 1 is 1.28 bits per heavy atom. The molecule has 1 unspecified atom stereocenters. The summed E-state index contributed by atoms with van der Waals surface area (Å²) >= 11 is 0. The van der Waals surface area contributed by atoms with Gasteiger partial charge in [-0.3, -0.25) is 0 Å². The van der Waals surface area contributed by atoms with Crippen LogP contribution in [0, 0.1) is 0 Å². The lowest BCUT2D eigenvalue weighted by Crippen LogP contribution is -2.37. The zero-order valence-electron chi connectivity index (χ0n) is 11.1. The van der Waals surface area contributed by atoms with E-state index in [0.29, 0.717) is 19.8 Å². The van der Waals surface area contributed by atoms with E-state index in [4.69, 9.17) is 18.3 Å². The Morgan fingerprint density at radius 3 is 2.67 bits per heavy atom. The third-order valence-corrected chi connectivity index (χ3v) is 4.93. The van der Waals surface area contributed by atoms with Crippen LogP contribution in [0.1, 0.15) is 26.3 Å². The zero-order chi connectivity index (χ0) is 13.0. The van der Waals surface area contributed by atoms with Crippen molar-refractivity contribution in [3.63, 3.8) is 0 Å². The van der Waals surface area contributed by atoms with Crippen LogP contribution in [0.4, 0.5) is 0 Å². The Morgan fingerprint density at radius 2 is 2.00 bits per heavy atom. The van der Waals surface area contributed by atoms with E-state index in [0.717, 1.165) is 16.5 Å². The SMILES string of the molecule is CCO[SiH](OCC)c1ccc2c(c1)COC(C)O2. The van der Waals surface area contributed by atoms with Crippen LogP contribution in [-0.4, -0.2) is 28.8 Å². The van der Waals surface area contributed by atoms with E-state index in [9.17, 15) is 0 Å². The second-order valence-electron chi connectivity index (χ2n) is 4.11. The molecule has 4 nitrogen and oxygen atoms in total. The van der Waals surface area contributed by atoms with Crippen molar-refractivity contribution >= 4 is 14.5 Å². The highest BCUT2D eigenvalue weighted by Crippen LogP contribution is 2.24. The molecule has 0 aromatic heterocycles. The second-order valence-corrected chi connectivity index (χ2v) is 6.10. The standard InChI is InChI=1S/C13H20O4Si/c1-4-15-18(16-5-2)12-6-7-13-11(8-12)9-14-10(3)17-13/h6-8,10,18H,4-5,9H2,1-3H3. The fraction of sp³-hybridized carbons (Fsp3) is 0.538. The summed E-state index contributed by atoms with van der Waals surface area (Å²) in [6, 6.07) is 6.12. The fourth-order valence-electron chi connectivity index (χ4n) is 1.94. The minimum Gasteiger partial charge on any atom is -0.465 e. The molecule has 1 aliphatic rings. The molecule has 0 spiro atoms. The maximum atomic E-state index is 5.72. The number of benzene rings is 1. The van der Waals surface area contributed by atoms with Crippen LogP contribution in [0.3, 0.4) is 0 Å². The predicted molar refractivity (Wildman–Crippen MR) is 71.4 cm³/mol. The summed E-state index contributed by atoms with van der Waals surface area (Å²) in [4.78, 5) is 0. The summed E-state index contributed by atoms with van der Waals surface area (Å²) in [7, 11) is -1.77. The summed E-state index contributed by atoms with van der Waals surface area (Å²) in [6.45, 7) is 7.82. The van der Waals surface area contributed by atoms with E-state index >= 15 is 0 Å². The van der Waals surface area contributed by atoms with Crippen molar-refractivity contribution in [2.45, 2.75) is 33.7 Å². The summed E-state index contributed by atoms with van der Waals surface area (Å²) < 4.78 is 22.5. The van der Waals surface area contributed by atoms with Crippen LogP contribution in [0.15, 0.2) is 18.2 Å². The molecule has 5 heteroatoms. The molecule has 1 aromatic carbocycles. The van der Waals surface area contributed by atoms with Crippen molar-refractivity contribution in [2.75, 3.05) is 13.2 Å². The molecule has 0 amide bonds. The highest BCUT2D eigenvalue weighted by atomic mass is 28.3. The molecule has 18 heavy (non-hydrogen) atoms. The highest BCUT2D eigenvalue weighted by Gasteiger charge is 2.21. The average Bonchev–Trinajstić information content (AvgIpc) is 2.38. The van der Waals surface area contributed by atoms with Gasteiger partial charge in [-0.1, -0.05) is 6.07 Å². The van der Waals surface area contributed by atoms with Gasteiger partial charge < -0.3 is 18.3 Å². The third-order valence-electron chi connectivity index (χ3n) is 2.76. The van der Waals surface area contributed by atoms with Crippen LogP contribution in [-0.2, 0) is 20.2 Å². The summed E-state index contributed by atoms with van der Waals surface area (Å²) in [5, 5.41) is 1.14. The lowest BCUT2D eigenvalue weighted by molar-refractivity contribution is -0.0943. The van der Waals surface area contributed by atoms with Crippen molar-refractivity contribution < 1.29 is 18.3 Å². The van der Waals surface area contributed by atoms with Crippen molar-refractivity contribution in [1.29, 1.82) is 0 Å². The molecule has 1 heterocycles. The third kappa shape index (κ3) is 3.11. The van der Waals surface area contributed by atoms with Crippen LogP contribution in [0.2, 0.25) is 0 Å². The molecule has 0 bridgehead atoms. The van der Waals surface area contributed by atoms with Crippen molar-refractivity contribution in [3.8, 4) is 5.75 Å². The monoisotopic (exact) mass is 268 g/mol. The normalized spacial score (nSPS) is 18.6. The first-order valence-electron chi connectivity index (χ1n) is 6.38. The van der Waals surface area contributed by atoms with Gasteiger partial charge in [0.05, 0.1) is 6.61 Å². The lowest BCUT2D eigenvalue weighted by atomic mass is 10.2. The van der Waals surface area contributed by atoms with Gasteiger partial charge >= 0.3 is 9.28 Å². The second kappa shape index (κ2) is 6.33. The van der Waals surface area contributed by atoms with Gasteiger partial charge in [-0.05, 0) is 38.1 Å². The van der Waals surface area contributed by atoms with Gasteiger partial charge in [0.25, 0.3) is 0 Å². The fourth-order valence-corrected chi connectivity index (χ4v) is 3.61. The minimum absolute atomic E-state index is 0.171. The molecule has 1 aliphatic heterocycles. The largest absolute Gasteiger partial charge is 0.465 e. The molecular formula is C13H20O4Si. The first-order valence-corrected chi connectivity index (χ1v) is 7.90. The Labute approximate surface area is 110 Å².